The molecule has 0 aliphatic heterocycles. The van der Waals surface area contributed by atoms with E-state index in [1.165, 1.54) is 5.56 Å². The molecule has 1 aromatic heterocycles. The molecule has 0 aromatic carbocycles. The lowest BCUT2D eigenvalue weighted by Gasteiger charge is -2.28. The van der Waals surface area contributed by atoms with Gasteiger partial charge in [0.05, 0.1) is 0 Å². The third-order valence-electron chi connectivity index (χ3n) is 2.08. The van der Waals surface area contributed by atoms with Gasteiger partial charge in [-0.2, -0.15) is 0 Å². The summed E-state index contributed by atoms with van der Waals surface area (Å²) in [5, 5.41) is 0. The van der Waals surface area contributed by atoms with Crippen molar-refractivity contribution < 1.29 is 4.18 Å². The van der Waals surface area contributed by atoms with E-state index < -0.39 is 10.3 Å². The Morgan fingerprint density at radius 3 is 2.46 bits per heavy atom. The highest BCUT2D eigenvalue weighted by Gasteiger charge is 2.09. The molecule has 0 N–H and O–H groups in total. The molecule has 0 aliphatic rings. The van der Waals surface area contributed by atoms with E-state index >= 15 is 0 Å². The third-order valence-corrected chi connectivity index (χ3v) is 4.17. The zero-order valence-electron chi connectivity index (χ0n) is 8.49. The normalized spacial score (nSPS) is 12.8. The van der Waals surface area contributed by atoms with Crippen molar-refractivity contribution in [3.63, 3.8) is 0 Å². The van der Waals surface area contributed by atoms with Crippen molar-refractivity contribution in [3.05, 3.63) is 30.1 Å². The first-order chi connectivity index (χ1) is 6.14. The molecule has 0 saturated heterocycles. The number of rotatable bonds is 4. The molecule has 2 nitrogen and oxygen atoms in total. The van der Waals surface area contributed by atoms with Crippen LogP contribution in [0.1, 0.15) is 5.56 Å². The molecule has 0 atom stereocenters. The Hall–Kier alpha value is -0.540. The van der Waals surface area contributed by atoms with Crippen LogP contribution in [0.4, 0.5) is 0 Å². The van der Waals surface area contributed by atoms with E-state index in [9.17, 15) is 0 Å². The predicted octanol–water partition coefficient (Wildman–Crippen LogP) is 2.25. The molecule has 0 bridgehead atoms. The molecule has 1 heterocycles. The summed E-state index contributed by atoms with van der Waals surface area (Å²) in [6.45, 7) is 0. The molecule has 0 amide bonds. The Morgan fingerprint density at radius 1 is 1.31 bits per heavy atom. The molecule has 0 spiro atoms. The maximum absolute atomic E-state index is 5.43. The van der Waals surface area contributed by atoms with Gasteiger partial charge in [-0.1, -0.05) is 0 Å². The minimum absolute atomic E-state index is 0.838. The van der Waals surface area contributed by atoms with Crippen LogP contribution in [0.5, 0.6) is 0 Å². The molecule has 1 rings (SSSR count). The summed E-state index contributed by atoms with van der Waals surface area (Å²) >= 11 is 0. The molecule has 1 aromatic rings. The molecule has 0 unspecified atom stereocenters. The summed E-state index contributed by atoms with van der Waals surface area (Å²) in [6.07, 6.45) is 9.13. The molecule has 0 saturated carbocycles. The fourth-order valence-corrected chi connectivity index (χ4v) is 1.89. The average molecular weight is 199 g/mol. The van der Waals surface area contributed by atoms with Crippen molar-refractivity contribution in [3.8, 4) is 0 Å². The minimum atomic E-state index is -0.838. The van der Waals surface area contributed by atoms with Crippen molar-refractivity contribution in [1.82, 2.24) is 4.98 Å². The van der Waals surface area contributed by atoms with Gasteiger partial charge >= 0.3 is 0 Å². The molecule has 0 radical (unpaired) electrons. The van der Waals surface area contributed by atoms with E-state index in [4.69, 9.17) is 4.18 Å². The highest BCUT2D eigenvalue weighted by Crippen LogP contribution is 2.40. The molecular weight excluding hydrogens is 182 g/mol. The van der Waals surface area contributed by atoms with Gasteiger partial charge in [0.15, 0.2) is 0 Å². The van der Waals surface area contributed by atoms with Crippen LogP contribution in [0.15, 0.2) is 24.5 Å². The quantitative estimate of drug-likeness (QED) is 0.742. The first kappa shape index (κ1) is 10.5. The number of hydrogen-bond donors (Lipinski definition) is 0. The number of aryl methyl sites for hydroxylation is 1. The van der Waals surface area contributed by atoms with Crippen LogP contribution in [0.2, 0.25) is 0 Å². The zero-order valence-corrected chi connectivity index (χ0v) is 9.30. The van der Waals surface area contributed by atoms with Crippen LogP contribution in [-0.2, 0) is 10.6 Å². The highest BCUT2D eigenvalue weighted by atomic mass is 32.3. The van der Waals surface area contributed by atoms with Crippen LogP contribution in [0.3, 0.4) is 0 Å². The van der Waals surface area contributed by atoms with Crippen LogP contribution >= 0.6 is 10.3 Å². The maximum atomic E-state index is 5.43. The summed E-state index contributed by atoms with van der Waals surface area (Å²) in [7, 11) is 0.955. The largest absolute Gasteiger partial charge is 0.340 e. The second-order valence-electron chi connectivity index (χ2n) is 3.41. The second kappa shape index (κ2) is 4.63. The smallest absolute Gasteiger partial charge is 0.0481 e. The average Bonchev–Trinajstić information content (AvgIpc) is 2.17. The van der Waals surface area contributed by atoms with E-state index in [-0.39, 0.29) is 0 Å². The van der Waals surface area contributed by atoms with Gasteiger partial charge in [-0.15, -0.1) is 10.3 Å². The molecule has 13 heavy (non-hydrogen) atoms. The number of aromatic nitrogens is 1. The monoisotopic (exact) mass is 199 g/mol. The standard InChI is InChI=1S/C10H17NOS/c1-12-13(2,3)9-6-10-4-7-11-8-5-10/h4-5,7-8H,6,9H2,1-3H3. The van der Waals surface area contributed by atoms with Crippen LogP contribution in [0.25, 0.3) is 0 Å². The van der Waals surface area contributed by atoms with Crippen LogP contribution in [-0.4, -0.2) is 30.4 Å². The molecule has 0 aliphatic carbocycles. The topological polar surface area (TPSA) is 22.1 Å². The number of pyridine rings is 1. The second-order valence-corrected chi connectivity index (χ2v) is 7.03. The van der Waals surface area contributed by atoms with E-state index in [2.05, 4.69) is 29.6 Å². The van der Waals surface area contributed by atoms with Crippen LogP contribution < -0.4 is 0 Å². The lowest BCUT2D eigenvalue weighted by Crippen LogP contribution is -2.05. The Bertz CT molecular complexity index is 248. The predicted molar refractivity (Wildman–Crippen MR) is 59.3 cm³/mol. The van der Waals surface area contributed by atoms with Gasteiger partial charge in [-0.3, -0.25) is 4.98 Å². The molecule has 3 heteroatoms. The lowest BCUT2D eigenvalue weighted by molar-refractivity contribution is 0.470. The Labute approximate surface area is 81.9 Å². The Balaban J connectivity index is 2.44. The third kappa shape index (κ3) is 3.79. The lowest BCUT2D eigenvalue weighted by atomic mass is 10.2. The van der Waals surface area contributed by atoms with Gasteiger partial charge in [0.1, 0.15) is 0 Å². The van der Waals surface area contributed by atoms with Crippen molar-refractivity contribution >= 4 is 10.3 Å². The molecule has 74 valence electrons. The van der Waals surface area contributed by atoms with Gasteiger partial charge in [0.2, 0.25) is 0 Å². The summed E-state index contributed by atoms with van der Waals surface area (Å²) in [6, 6.07) is 4.12. The number of hydrogen-bond acceptors (Lipinski definition) is 2. The minimum Gasteiger partial charge on any atom is -0.340 e. The van der Waals surface area contributed by atoms with Gasteiger partial charge in [0.25, 0.3) is 0 Å². The van der Waals surface area contributed by atoms with E-state index in [1.807, 2.05) is 12.4 Å². The van der Waals surface area contributed by atoms with Crippen molar-refractivity contribution in [2.24, 2.45) is 0 Å². The van der Waals surface area contributed by atoms with Gasteiger partial charge in [-0.25, -0.2) is 0 Å². The summed E-state index contributed by atoms with van der Waals surface area (Å²) in [5.41, 5.74) is 1.34. The molecular formula is C10H17NOS. The van der Waals surface area contributed by atoms with Crippen molar-refractivity contribution in [2.75, 3.05) is 25.4 Å². The fourth-order valence-electron chi connectivity index (χ4n) is 0.996. The number of nitrogens with zero attached hydrogens (tertiary/aromatic N) is 1. The van der Waals surface area contributed by atoms with E-state index in [1.54, 1.807) is 7.11 Å². The Morgan fingerprint density at radius 2 is 1.92 bits per heavy atom. The molecule has 0 fully saturated rings. The van der Waals surface area contributed by atoms with E-state index in [0.717, 1.165) is 12.2 Å². The van der Waals surface area contributed by atoms with E-state index in [0.29, 0.717) is 0 Å². The van der Waals surface area contributed by atoms with Gasteiger partial charge in [-0.05, 0) is 36.6 Å². The van der Waals surface area contributed by atoms with Crippen LogP contribution in [0, 0.1) is 0 Å². The highest BCUT2D eigenvalue weighted by molar-refractivity contribution is 8.28. The maximum Gasteiger partial charge on any atom is 0.0481 e. The first-order valence-corrected chi connectivity index (χ1v) is 6.84. The summed E-state index contributed by atoms with van der Waals surface area (Å²) in [5.74, 6) is 1.12. The van der Waals surface area contributed by atoms with Crippen molar-refractivity contribution in [2.45, 2.75) is 6.42 Å². The van der Waals surface area contributed by atoms with Gasteiger partial charge in [0, 0.05) is 25.3 Å². The summed E-state index contributed by atoms with van der Waals surface area (Å²) in [4.78, 5) is 3.99. The van der Waals surface area contributed by atoms with Crippen molar-refractivity contribution in [1.29, 1.82) is 0 Å². The first-order valence-electron chi connectivity index (χ1n) is 4.29. The van der Waals surface area contributed by atoms with Gasteiger partial charge < -0.3 is 4.18 Å². The Kier molecular flexibility index (Phi) is 3.75. The zero-order chi connectivity index (χ0) is 9.73. The summed E-state index contributed by atoms with van der Waals surface area (Å²) < 4.78 is 5.43. The fraction of sp³-hybridized carbons (Fsp3) is 0.500. The SMILES string of the molecule is COS(C)(C)CCc1ccncc1.